The van der Waals surface area contributed by atoms with Crippen molar-refractivity contribution in [2.75, 3.05) is 0 Å². The summed E-state index contributed by atoms with van der Waals surface area (Å²) in [6.07, 6.45) is 7.15. The Morgan fingerprint density at radius 2 is 1.92 bits per heavy atom. The lowest BCUT2D eigenvalue weighted by Crippen LogP contribution is -2.09. The van der Waals surface area contributed by atoms with E-state index in [9.17, 15) is 15.3 Å². The van der Waals surface area contributed by atoms with Crippen LogP contribution in [-0.2, 0) is 0 Å². The standard InChI is InChI=1S/C21H26O3/c1-2-3-4-7-16(22)9-10-17-18-11-14-6-5-8-20(23)19(14)12-15(18)13-21(17)24/h5-6,8,11-13,16-17,22-24H,2-4,7,9-10H2,1H3/t16-,17?/m0/s1. The number of aliphatic hydroxyl groups is 2. The second kappa shape index (κ2) is 7.27. The topological polar surface area (TPSA) is 60.7 Å². The lowest BCUT2D eigenvalue weighted by Gasteiger charge is -2.17. The fourth-order valence-corrected chi connectivity index (χ4v) is 3.63. The van der Waals surface area contributed by atoms with Crippen molar-refractivity contribution in [2.24, 2.45) is 0 Å². The second-order valence-electron chi connectivity index (χ2n) is 6.83. The molecule has 0 aromatic heterocycles. The minimum absolute atomic E-state index is 0.0485. The quantitative estimate of drug-likeness (QED) is 0.608. The SMILES string of the molecule is CCCCC[C@H](O)CCC1C(O)=Cc2cc3c(O)cccc3cc21. The Morgan fingerprint density at radius 3 is 2.71 bits per heavy atom. The average Bonchev–Trinajstić information content (AvgIpc) is 2.86. The monoisotopic (exact) mass is 326 g/mol. The van der Waals surface area contributed by atoms with Gasteiger partial charge < -0.3 is 15.3 Å². The van der Waals surface area contributed by atoms with E-state index in [0.717, 1.165) is 54.0 Å². The third kappa shape index (κ3) is 3.41. The van der Waals surface area contributed by atoms with Crippen LogP contribution in [0.4, 0.5) is 0 Å². The summed E-state index contributed by atoms with van der Waals surface area (Å²) < 4.78 is 0. The highest BCUT2D eigenvalue weighted by atomic mass is 16.3. The third-order valence-corrected chi connectivity index (χ3v) is 5.03. The van der Waals surface area contributed by atoms with Gasteiger partial charge in [0, 0.05) is 11.3 Å². The number of hydrogen-bond acceptors (Lipinski definition) is 3. The van der Waals surface area contributed by atoms with Crippen molar-refractivity contribution in [3.63, 3.8) is 0 Å². The number of hydrogen-bond donors (Lipinski definition) is 3. The summed E-state index contributed by atoms with van der Waals surface area (Å²) in [7, 11) is 0. The minimum Gasteiger partial charge on any atom is -0.512 e. The number of aromatic hydroxyl groups is 1. The van der Waals surface area contributed by atoms with Gasteiger partial charge >= 0.3 is 0 Å². The van der Waals surface area contributed by atoms with E-state index in [0.29, 0.717) is 12.2 Å². The molecule has 0 heterocycles. The van der Waals surface area contributed by atoms with Crippen LogP contribution in [0.15, 0.2) is 36.1 Å². The molecule has 1 unspecified atom stereocenters. The normalized spacial score (nSPS) is 17.8. The van der Waals surface area contributed by atoms with Crippen LogP contribution in [0.2, 0.25) is 0 Å². The predicted octanol–water partition coefficient (Wildman–Crippen LogP) is 5.26. The Labute approximate surface area is 143 Å². The van der Waals surface area contributed by atoms with Crippen LogP contribution in [0.5, 0.6) is 5.75 Å². The maximum absolute atomic E-state index is 10.3. The van der Waals surface area contributed by atoms with Gasteiger partial charge in [0.1, 0.15) is 11.5 Å². The maximum Gasteiger partial charge on any atom is 0.123 e. The Kier molecular flexibility index (Phi) is 5.10. The van der Waals surface area contributed by atoms with Gasteiger partial charge in [-0.3, -0.25) is 0 Å². The molecule has 128 valence electrons. The smallest absolute Gasteiger partial charge is 0.123 e. The van der Waals surface area contributed by atoms with Crippen LogP contribution in [0.1, 0.15) is 62.5 Å². The fourth-order valence-electron chi connectivity index (χ4n) is 3.63. The zero-order valence-electron chi connectivity index (χ0n) is 14.2. The van der Waals surface area contributed by atoms with Crippen LogP contribution in [0.25, 0.3) is 16.8 Å². The molecular formula is C21H26O3. The van der Waals surface area contributed by atoms with Crippen molar-refractivity contribution in [3.05, 3.63) is 47.2 Å². The van der Waals surface area contributed by atoms with Crippen LogP contribution in [0, 0.1) is 0 Å². The highest BCUT2D eigenvalue weighted by molar-refractivity contribution is 5.92. The number of aliphatic hydroxyl groups excluding tert-OH is 2. The van der Waals surface area contributed by atoms with Crippen molar-refractivity contribution in [1.82, 2.24) is 0 Å². The largest absolute Gasteiger partial charge is 0.512 e. The van der Waals surface area contributed by atoms with Gasteiger partial charge in [0.25, 0.3) is 0 Å². The van der Waals surface area contributed by atoms with Crippen molar-refractivity contribution in [2.45, 2.75) is 57.5 Å². The van der Waals surface area contributed by atoms with Crippen molar-refractivity contribution in [1.29, 1.82) is 0 Å². The summed E-state index contributed by atoms with van der Waals surface area (Å²) in [5.74, 6) is 0.575. The lowest BCUT2D eigenvalue weighted by atomic mass is 9.91. The molecule has 0 saturated carbocycles. The van der Waals surface area contributed by atoms with Gasteiger partial charge in [-0.2, -0.15) is 0 Å². The Balaban J connectivity index is 1.74. The minimum atomic E-state index is -0.294. The molecule has 3 N–H and O–H groups in total. The molecular weight excluding hydrogens is 300 g/mol. The Bertz CT molecular complexity index is 748. The first-order valence-corrected chi connectivity index (χ1v) is 8.94. The van der Waals surface area contributed by atoms with E-state index in [1.807, 2.05) is 18.2 Å². The number of benzene rings is 2. The molecule has 2 atom stereocenters. The first-order valence-electron chi connectivity index (χ1n) is 8.94. The number of allylic oxidation sites excluding steroid dienone is 1. The highest BCUT2D eigenvalue weighted by Gasteiger charge is 2.26. The first kappa shape index (κ1) is 16.8. The molecule has 0 bridgehead atoms. The zero-order chi connectivity index (χ0) is 17.1. The second-order valence-corrected chi connectivity index (χ2v) is 6.83. The van der Waals surface area contributed by atoms with Gasteiger partial charge in [0.05, 0.1) is 6.10 Å². The van der Waals surface area contributed by atoms with Crippen molar-refractivity contribution >= 4 is 16.8 Å². The molecule has 0 fully saturated rings. The highest BCUT2D eigenvalue weighted by Crippen LogP contribution is 2.41. The molecule has 2 aromatic rings. The molecule has 0 saturated heterocycles. The van der Waals surface area contributed by atoms with Crippen LogP contribution in [0.3, 0.4) is 0 Å². The van der Waals surface area contributed by atoms with E-state index >= 15 is 0 Å². The molecule has 1 aliphatic rings. The molecule has 0 amide bonds. The molecule has 0 spiro atoms. The predicted molar refractivity (Wildman–Crippen MR) is 98.3 cm³/mol. The summed E-state index contributed by atoms with van der Waals surface area (Å²) in [5.41, 5.74) is 2.05. The van der Waals surface area contributed by atoms with E-state index in [4.69, 9.17) is 0 Å². The summed E-state index contributed by atoms with van der Waals surface area (Å²) in [5, 5.41) is 32.3. The average molecular weight is 326 g/mol. The van der Waals surface area contributed by atoms with E-state index in [1.165, 1.54) is 0 Å². The summed E-state index contributed by atoms with van der Waals surface area (Å²) >= 11 is 0. The van der Waals surface area contributed by atoms with Gasteiger partial charge in [-0.05, 0) is 60.1 Å². The van der Waals surface area contributed by atoms with Crippen molar-refractivity contribution < 1.29 is 15.3 Å². The number of phenols is 1. The van der Waals surface area contributed by atoms with Gasteiger partial charge in [0.2, 0.25) is 0 Å². The zero-order valence-corrected chi connectivity index (χ0v) is 14.2. The summed E-state index contributed by atoms with van der Waals surface area (Å²) in [4.78, 5) is 0. The van der Waals surface area contributed by atoms with Gasteiger partial charge in [-0.25, -0.2) is 0 Å². The fraction of sp³-hybridized carbons (Fsp3) is 0.429. The Hall–Kier alpha value is -2.00. The molecule has 3 nitrogen and oxygen atoms in total. The number of fused-ring (bicyclic) bond motifs is 2. The maximum atomic E-state index is 10.3. The molecule has 2 aromatic carbocycles. The van der Waals surface area contributed by atoms with E-state index < -0.39 is 0 Å². The molecule has 3 rings (SSSR count). The third-order valence-electron chi connectivity index (χ3n) is 5.03. The van der Waals surface area contributed by atoms with Crippen LogP contribution >= 0.6 is 0 Å². The number of phenolic OH excluding ortho intramolecular Hbond substituents is 1. The Morgan fingerprint density at radius 1 is 1.08 bits per heavy atom. The first-order chi connectivity index (χ1) is 11.6. The van der Waals surface area contributed by atoms with Gasteiger partial charge in [0.15, 0.2) is 0 Å². The molecule has 3 heteroatoms. The number of rotatable bonds is 7. The molecule has 1 aliphatic carbocycles. The summed E-state index contributed by atoms with van der Waals surface area (Å²) in [6, 6.07) is 9.48. The van der Waals surface area contributed by atoms with Gasteiger partial charge in [-0.1, -0.05) is 38.3 Å². The van der Waals surface area contributed by atoms with Crippen molar-refractivity contribution in [3.8, 4) is 5.75 Å². The molecule has 24 heavy (non-hydrogen) atoms. The van der Waals surface area contributed by atoms with E-state index in [-0.39, 0.29) is 17.8 Å². The van der Waals surface area contributed by atoms with Crippen LogP contribution in [-0.4, -0.2) is 21.4 Å². The summed E-state index contributed by atoms with van der Waals surface area (Å²) in [6.45, 7) is 2.16. The van der Waals surface area contributed by atoms with E-state index in [2.05, 4.69) is 13.0 Å². The molecule has 0 radical (unpaired) electrons. The van der Waals surface area contributed by atoms with Gasteiger partial charge in [-0.15, -0.1) is 0 Å². The van der Waals surface area contributed by atoms with E-state index in [1.54, 1.807) is 12.1 Å². The van der Waals surface area contributed by atoms with Crippen LogP contribution < -0.4 is 0 Å². The number of unbranched alkanes of at least 4 members (excludes halogenated alkanes) is 2. The lowest BCUT2D eigenvalue weighted by molar-refractivity contribution is 0.145. The molecule has 0 aliphatic heterocycles.